The van der Waals surface area contributed by atoms with Gasteiger partial charge in [-0.25, -0.2) is 0 Å². The van der Waals surface area contributed by atoms with E-state index >= 15 is 0 Å². The fourth-order valence-electron chi connectivity index (χ4n) is 4.72. The molecule has 0 radical (unpaired) electrons. The fraction of sp³-hybridized carbons (Fsp3) is 0.444. The fourth-order valence-corrected chi connectivity index (χ4v) is 4.72. The molecule has 0 bridgehead atoms. The summed E-state index contributed by atoms with van der Waals surface area (Å²) in [5.41, 5.74) is 3.29. The smallest absolute Gasteiger partial charge is 0.253 e. The number of hydrogen-bond donors (Lipinski definition) is 0. The van der Waals surface area contributed by atoms with Crippen LogP contribution < -0.4 is 0 Å². The van der Waals surface area contributed by atoms with E-state index in [4.69, 9.17) is 0 Å². The van der Waals surface area contributed by atoms with E-state index in [1.54, 1.807) is 0 Å². The number of benzene rings is 2. The molecule has 0 unspecified atom stereocenters. The highest BCUT2D eigenvalue weighted by Gasteiger charge is 2.34. The summed E-state index contributed by atoms with van der Waals surface area (Å²) in [4.78, 5) is 19.7. The van der Waals surface area contributed by atoms with Crippen molar-refractivity contribution < 1.29 is 4.79 Å². The highest BCUT2D eigenvalue weighted by Crippen LogP contribution is 2.33. The zero-order valence-electron chi connectivity index (χ0n) is 19.5. The number of nitrogens with zero attached hydrogens (tertiary/aromatic N) is 3. The molecule has 1 aliphatic heterocycles. The Balaban J connectivity index is 1.92. The first-order valence-electron chi connectivity index (χ1n) is 11.5. The number of piperazine rings is 1. The first kappa shape index (κ1) is 23.2. The zero-order chi connectivity index (χ0) is 22.4. The van der Waals surface area contributed by atoms with Crippen LogP contribution in [0.4, 0.5) is 0 Å². The Morgan fingerprint density at radius 3 is 2.19 bits per heavy atom. The molecule has 1 saturated heterocycles. The van der Waals surface area contributed by atoms with Crippen LogP contribution in [-0.4, -0.2) is 65.4 Å². The highest BCUT2D eigenvalue weighted by atomic mass is 16.2. The maximum atomic E-state index is 12.8. The third-order valence-electron chi connectivity index (χ3n) is 6.50. The predicted octanol–water partition coefficient (Wildman–Crippen LogP) is 4.84. The molecule has 0 aliphatic carbocycles. The van der Waals surface area contributed by atoms with E-state index < -0.39 is 0 Å². The van der Waals surface area contributed by atoms with Crippen LogP contribution in [-0.2, 0) is 0 Å². The second kappa shape index (κ2) is 10.7. The Morgan fingerprint density at radius 1 is 1.00 bits per heavy atom. The van der Waals surface area contributed by atoms with Crippen molar-refractivity contribution in [1.29, 1.82) is 0 Å². The Hall–Kier alpha value is -2.43. The van der Waals surface area contributed by atoms with Crippen molar-refractivity contribution in [1.82, 2.24) is 14.7 Å². The second-order valence-corrected chi connectivity index (χ2v) is 8.55. The van der Waals surface area contributed by atoms with Crippen molar-refractivity contribution in [3.8, 4) is 0 Å². The summed E-state index contributed by atoms with van der Waals surface area (Å²) < 4.78 is 0. The maximum Gasteiger partial charge on any atom is 0.253 e. The molecule has 4 heteroatoms. The van der Waals surface area contributed by atoms with Gasteiger partial charge in [0.15, 0.2) is 0 Å². The first-order chi connectivity index (χ1) is 15.0. The molecule has 0 aromatic heterocycles. The molecule has 0 N–H and O–H groups in total. The van der Waals surface area contributed by atoms with Crippen LogP contribution in [0, 0.1) is 0 Å². The van der Waals surface area contributed by atoms with Gasteiger partial charge in [0.2, 0.25) is 0 Å². The topological polar surface area (TPSA) is 26.8 Å². The molecule has 3 atom stereocenters. The summed E-state index contributed by atoms with van der Waals surface area (Å²) in [6, 6.07) is 20.0. The van der Waals surface area contributed by atoms with Gasteiger partial charge in [-0.2, -0.15) is 0 Å². The second-order valence-electron chi connectivity index (χ2n) is 8.55. The van der Waals surface area contributed by atoms with Crippen LogP contribution in [0.2, 0.25) is 0 Å². The van der Waals surface area contributed by atoms with Crippen molar-refractivity contribution >= 4 is 5.91 Å². The van der Waals surface area contributed by atoms with E-state index in [9.17, 15) is 4.79 Å². The minimum Gasteiger partial charge on any atom is -0.339 e. The average Bonchev–Trinajstić information content (AvgIpc) is 2.79. The third kappa shape index (κ3) is 5.25. The van der Waals surface area contributed by atoms with Gasteiger partial charge in [-0.05, 0) is 51.0 Å². The van der Waals surface area contributed by atoms with Crippen molar-refractivity contribution in [3.05, 3.63) is 83.9 Å². The molecule has 3 rings (SSSR count). The molecule has 0 spiro atoms. The lowest BCUT2D eigenvalue weighted by molar-refractivity contribution is 0.0306. The molecular formula is C27H37N3O. The molecule has 1 fully saturated rings. The largest absolute Gasteiger partial charge is 0.339 e. The van der Waals surface area contributed by atoms with Gasteiger partial charge in [-0.15, -0.1) is 6.58 Å². The summed E-state index contributed by atoms with van der Waals surface area (Å²) in [7, 11) is 0. The lowest BCUT2D eigenvalue weighted by Crippen LogP contribution is -2.57. The molecular weight excluding hydrogens is 382 g/mol. The van der Waals surface area contributed by atoms with Crippen LogP contribution in [0.3, 0.4) is 0 Å². The van der Waals surface area contributed by atoms with Crippen LogP contribution in [0.5, 0.6) is 0 Å². The van der Waals surface area contributed by atoms with Crippen LogP contribution in [0.15, 0.2) is 67.3 Å². The maximum absolute atomic E-state index is 12.8. The molecule has 1 amide bonds. The molecule has 2 aromatic carbocycles. The van der Waals surface area contributed by atoms with E-state index in [1.807, 2.05) is 37.0 Å². The van der Waals surface area contributed by atoms with Gasteiger partial charge < -0.3 is 4.90 Å². The van der Waals surface area contributed by atoms with E-state index in [0.29, 0.717) is 12.1 Å². The SMILES string of the molecule is C=CCN1C[C@@H](C)N([C@@H](c2ccccc2)c2ccc(C(=O)N(CC)CC)cc2)C[C@H]1C. The third-order valence-corrected chi connectivity index (χ3v) is 6.50. The van der Waals surface area contributed by atoms with Gasteiger partial charge in [0.25, 0.3) is 5.91 Å². The quantitative estimate of drug-likeness (QED) is 0.573. The molecule has 2 aromatic rings. The predicted molar refractivity (Wildman–Crippen MR) is 129 cm³/mol. The summed E-state index contributed by atoms with van der Waals surface area (Å²) in [6.45, 7) is 17.0. The number of amides is 1. The summed E-state index contributed by atoms with van der Waals surface area (Å²) in [5.74, 6) is 0.104. The number of carbonyl (C=O) groups excluding carboxylic acids is 1. The molecule has 1 aliphatic rings. The average molecular weight is 420 g/mol. The lowest BCUT2D eigenvalue weighted by Gasteiger charge is -2.47. The van der Waals surface area contributed by atoms with Gasteiger partial charge >= 0.3 is 0 Å². The van der Waals surface area contributed by atoms with Crippen molar-refractivity contribution in [2.24, 2.45) is 0 Å². The normalized spacial score (nSPS) is 20.9. The molecule has 31 heavy (non-hydrogen) atoms. The lowest BCUT2D eigenvalue weighted by atomic mass is 9.93. The highest BCUT2D eigenvalue weighted by molar-refractivity contribution is 5.94. The molecule has 4 nitrogen and oxygen atoms in total. The van der Waals surface area contributed by atoms with Gasteiger partial charge in [0.05, 0.1) is 6.04 Å². The number of hydrogen-bond acceptors (Lipinski definition) is 3. The summed E-state index contributed by atoms with van der Waals surface area (Å²) >= 11 is 0. The Morgan fingerprint density at radius 2 is 1.61 bits per heavy atom. The van der Waals surface area contributed by atoms with E-state index in [0.717, 1.165) is 38.3 Å². The van der Waals surface area contributed by atoms with Crippen LogP contribution >= 0.6 is 0 Å². The van der Waals surface area contributed by atoms with Crippen LogP contribution in [0.25, 0.3) is 0 Å². The van der Waals surface area contributed by atoms with E-state index in [2.05, 4.69) is 72.7 Å². The Bertz CT molecular complexity index is 845. The van der Waals surface area contributed by atoms with Crippen LogP contribution in [0.1, 0.15) is 55.2 Å². The van der Waals surface area contributed by atoms with Gasteiger partial charge in [-0.3, -0.25) is 14.6 Å². The summed E-state index contributed by atoms with van der Waals surface area (Å²) in [5, 5.41) is 0. The molecule has 166 valence electrons. The first-order valence-corrected chi connectivity index (χ1v) is 11.5. The minimum atomic E-state index is 0.104. The molecule has 1 heterocycles. The monoisotopic (exact) mass is 419 g/mol. The van der Waals surface area contributed by atoms with Crippen molar-refractivity contribution in [2.75, 3.05) is 32.7 Å². The zero-order valence-corrected chi connectivity index (χ0v) is 19.5. The summed E-state index contributed by atoms with van der Waals surface area (Å²) in [6.07, 6.45) is 2.00. The van der Waals surface area contributed by atoms with Gasteiger partial charge in [-0.1, -0.05) is 48.5 Å². The number of carbonyl (C=O) groups is 1. The van der Waals surface area contributed by atoms with Gasteiger partial charge in [0, 0.05) is 50.4 Å². The van der Waals surface area contributed by atoms with E-state index in [1.165, 1.54) is 11.1 Å². The number of rotatable bonds is 8. The van der Waals surface area contributed by atoms with Gasteiger partial charge in [0.1, 0.15) is 0 Å². The molecule has 0 saturated carbocycles. The van der Waals surface area contributed by atoms with Crippen molar-refractivity contribution in [2.45, 2.75) is 45.8 Å². The van der Waals surface area contributed by atoms with E-state index in [-0.39, 0.29) is 11.9 Å². The standard InChI is InChI=1S/C27H37N3O/c1-6-18-29-19-22(5)30(20-21(29)4)26(23-12-10-9-11-13-23)24-14-16-25(17-15-24)27(31)28(7-2)8-3/h6,9-17,21-22,26H,1,7-8,18-20H2,2-5H3/t21-,22-,26+/m1/s1. The minimum absolute atomic E-state index is 0.104. The van der Waals surface area contributed by atoms with Crippen molar-refractivity contribution in [3.63, 3.8) is 0 Å². The Kier molecular flexibility index (Phi) is 8.05. The Labute approximate surface area is 188 Å².